The fraction of sp³-hybridized carbons (Fsp3) is 0.100. The summed E-state index contributed by atoms with van der Waals surface area (Å²) in [7, 11) is 2.90. The highest BCUT2D eigenvalue weighted by molar-refractivity contribution is 5.94. The van der Waals surface area contributed by atoms with Gasteiger partial charge in [-0.15, -0.1) is 0 Å². The molecule has 0 aliphatic heterocycles. The van der Waals surface area contributed by atoms with E-state index >= 15 is 0 Å². The van der Waals surface area contributed by atoms with Gasteiger partial charge >= 0.3 is 5.97 Å². The van der Waals surface area contributed by atoms with Crippen LogP contribution in [0.25, 0.3) is 11.3 Å². The van der Waals surface area contributed by atoms with Crippen LogP contribution >= 0.6 is 0 Å². The third-order valence-electron chi connectivity index (χ3n) is 3.92. The van der Waals surface area contributed by atoms with E-state index in [2.05, 4.69) is 25.5 Å². The van der Waals surface area contributed by atoms with Crippen molar-refractivity contribution in [3.8, 4) is 17.0 Å². The Morgan fingerprint density at radius 2 is 1.86 bits per heavy atom. The lowest BCUT2D eigenvalue weighted by molar-refractivity contribution is 0.0600. The molecule has 2 N–H and O–H groups in total. The number of benzene rings is 2. The Morgan fingerprint density at radius 3 is 2.57 bits per heavy atom. The molecular weight excluding hydrogens is 360 g/mol. The molecule has 8 heteroatoms. The number of aromatic amines is 1. The first-order chi connectivity index (χ1) is 13.6. The lowest BCUT2D eigenvalue weighted by Crippen LogP contribution is -2.18. The molecule has 3 rings (SSSR count). The predicted octanol–water partition coefficient (Wildman–Crippen LogP) is 2.64. The molecule has 0 bridgehead atoms. The van der Waals surface area contributed by atoms with Gasteiger partial charge in [0.25, 0.3) is 5.91 Å². The van der Waals surface area contributed by atoms with Gasteiger partial charge in [0.1, 0.15) is 11.4 Å². The molecule has 142 valence electrons. The van der Waals surface area contributed by atoms with Crippen LogP contribution in [0.5, 0.6) is 5.75 Å². The Kier molecular flexibility index (Phi) is 5.81. The minimum Gasteiger partial charge on any atom is -0.496 e. The minimum absolute atomic E-state index is 0.263. The monoisotopic (exact) mass is 378 g/mol. The van der Waals surface area contributed by atoms with Crippen molar-refractivity contribution in [2.75, 3.05) is 14.2 Å². The van der Waals surface area contributed by atoms with Crippen molar-refractivity contribution in [2.24, 2.45) is 5.10 Å². The molecular formula is C20H18N4O4. The molecule has 28 heavy (non-hydrogen) atoms. The molecule has 0 saturated heterocycles. The number of esters is 1. The Labute approximate surface area is 161 Å². The largest absolute Gasteiger partial charge is 0.496 e. The van der Waals surface area contributed by atoms with Crippen LogP contribution in [0.4, 0.5) is 0 Å². The first-order valence-corrected chi connectivity index (χ1v) is 8.33. The highest BCUT2D eigenvalue weighted by Gasteiger charge is 2.13. The van der Waals surface area contributed by atoms with Gasteiger partial charge in [0.15, 0.2) is 0 Å². The molecule has 0 spiro atoms. The topological polar surface area (TPSA) is 106 Å². The van der Waals surface area contributed by atoms with Gasteiger partial charge < -0.3 is 9.47 Å². The van der Waals surface area contributed by atoms with Crippen molar-refractivity contribution >= 4 is 18.1 Å². The Hall–Kier alpha value is -3.94. The van der Waals surface area contributed by atoms with Gasteiger partial charge in [0.2, 0.25) is 0 Å². The highest BCUT2D eigenvalue weighted by atomic mass is 16.5. The highest BCUT2D eigenvalue weighted by Crippen LogP contribution is 2.28. The van der Waals surface area contributed by atoms with Crippen molar-refractivity contribution < 1.29 is 19.1 Å². The second kappa shape index (κ2) is 8.63. The normalized spacial score (nSPS) is 10.6. The van der Waals surface area contributed by atoms with E-state index in [-0.39, 0.29) is 5.69 Å². The lowest BCUT2D eigenvalue weighted by Gasteiger charge is -2.04. The molecule has 0 radical (unpaired) electrons. The zero-order valence-electron chi connectivity index (χ0n) is 15.3. The molecule has 3 aromatic rings. The molecule has 0 unspecified atom stereocenters. The van der Waals surface area contributed by atoms with Crippen molar-refractivity contribution in [3.63, 3.8) is 0 Å². The Bertz CT molecular complexity index is 1010. The van der Waals surface area contributed by atoms with Crippen LogP contribution < -0.4 is 10.2 Å². The molecule has 0 saturated carbocycles. The number of ether oxygens (including phenoxy) is 2. The zero-order chi connectivity index (χ0) is 19.9. The van der Waals surface area contributed by atoms with E-state index in [0.29, 0.717) is 22.6 Å². The number of carbonyl (C=O) groups excluding carboxylic acids is 2. The first kappa shape index (κ1) is 18.8. The Morgan fingerprint density at radius 1 is 1.11 bits per heavy atom. The van der Waals surface area contributed by atoms with Crippen molar-refractivity contribution in [2.45, 2.75) is 0 Å². The molecule has 8 nitrogen and oxygen atoms in total. The van der Waals surface area contributed by atoms with E-state index in [1.807, 2.05) is 24.3 Å². The van der Waals surface area contributed by atoms with Crippen LogP contribution in [-0.2, 0) is 4.74 Å². The molecule has 0 aliphatic carbocycles. The summed E-state index contributed by atoms with van der Waals surface area (Å²) in [6, 6.07) is 15.6. The van der Waals surface area contributed by atoms with Crippen LogP contribution in [-0.4, -0.2) is 42.5 Å². The average molecular weight is 378 g/mol. The summed E-state index contributed by atoms with van der Waals surface area (Å²) in [6.45, 7) is 0. The maximum absolute atomic E-state index is 12.2. The summed E-state index contributed by atoms with van der Waals surface area (Å²) in [6.07, 6.45) is 1.47. The number of aromatic nitrogens is 2. The van der Waals surface area contributed by atoms with Gasteiger partial charge in [0.05, 0.1) is 31.7 Å². The third kappa shape index (κ3) is 4.24. The van der Waals surface area contributed by atoms with Gasteiger partial charge in [-0.05, 0) is 35.9 Å². The minimum atomic E-state index is -0.434. The van der Waals surface area contributed by atoms with Crippen LogP contribution in [0.3, 0.4) is 0 Å². The average Bonchev–Trinajstić information content (AvgIpc) is 3.23. The molecule has 2 aromatic carbocycles. The van der Waals surface area contributed by atoms with E-state index in [1.165, 1.54) is 13.3 Å². The fourth-order valence-corrected chi connectivity index (χ4v) is 2.48. The maximum Gasteiger partial charge on any atom is 0.337 e. The standard InChI is InChI=1S/C20H18N4O4/c1-27-18-6-4-3-5-15(18)16-11-17(23-22-16)19(25)24-21-12-13-7-9-14(10-8-13)20(26)28-2/h3-12H,1-2H3,(H,22,23)(H,24,25)/b21-12+. The summed E-state index contributed by atoms with van der Waals surface area (Å²) >= 11 is 0. The van der Waals surface area contributed by atoms with Crippen LogP contribution in [0, 0.1) is 0 Å². The summed E-state index contributed by atoms with van der Waals surface area (Å²) in [4.78, 5) is 23.6. The van der Waals surface area contributed by atoms with E-state index < -0.39 is 11.9 Å². The van der Waals surface area contributed by atoms with Gasteiger partial charge in [-0.1, -0.05) is 24.3 Å². The van der Waals surface area contributed by atoms with E-state index in [1.54, 1.807) is 37.4 Å². The number of amides is 1. The van der Waals surface area contributed by atoms with Crippen LogP contribution in [0.1, 0.15) is 26.4 Å². The summed E-state index contributed by atoms with van der Waals surface area (Å²) in [5, 5.41) is 10.8. The molecule has 1 heterocycles. The number of nitrogens with zero attached hydrogens (tertiary/aromatic N) is 2. The number of para-hydroxylation sites is 1. The number of H-pyrrole nitrogens is 1. The summed E-state index contributed by atoms with van der Waals surface area (Å²) < 4.78 is 9.95. The SMILES string of the molecule is COC(=O)c1ccc(/C=N/NC(=O)c2cc(-c3ccccc3OC)n[nH]2)cc1. The predicted molar refractivity (Wildman–Crippen MR) is 103 cm³/mol. The molecule has 0 fully saturated rings. The summed E-state index contributed by atoms with van der Waals surface area (Å²) in [5.74, 6) is -0.188. The quantitative estimate of drug-likeness (QED) is 0.390. The second-order valence-corrected chi connectivity index (χ2v) is 5.68. The van der Waals surface area contributed by atoms with Crippen LogP contribution in [0.2, 0.25) is 0 Å². The third-order valence-corrected chi connectivity index (χ3v) is 3.92. The first-order valence-electron chi connectivity index (χ1n) is 8.33. The molecule has 1 aromatic heterocycles. The smallest absolute Gasteiger partial charge is 0.337 e. The lowest BCUT2D eigenvalue weighted by atomic mass is 10.1. The van der Waals surface area contributed by atoms with Gasteiger partial charge in [0, 0.05) is 5.56 Å². The van der Waals surface area contributed by atoms with Crippen LogP contribution in [0.15, 0.2) is 59.7 Å². The number of methoxy groups -OCH3 is 2. The second-order valence-electron chi connectivity index (χ2n) is 5.68. The van der Waals surface area contributed by atoms with Crippen molar-refractivity contribution in [1.29, 1.82) is 0 Å². The van der Waals surface area contributed by atoms with Gasteiger partial charge in [-0.25, -0.2) is 10.2 Å². The number of carbonyl (C=O) groups is 2. The summed E-state index contributed by atoms with van der Waals surface area (Å²) in [5.41, 5.74) is 5.20. The van der Waals surface area contributed by atoms with E-state index in [0.717, 1.165) is 5.56 Å². The number of hydrogen-bond donors (Lipinski definition) is 2. The fourth-order valence-electron chi connectivity index (χ4n) is 2.48. The van der Waals surface area contributed by atoms with E-state index in [4.69, 9.17) is 4.74 Å². The van der Waals surface area contributed by atoms with Crippen molar-refractivity contribution in [1.82, 2.24) is 15.6 Å². The Balaban J connectivity index is 1.65. The number of rotatable bonds is 6. The zero-order valence-corrected chi connectivity index (χ0v) is 15.3. The number of hydrazone groups is 1. The van der Waals surface area contributed by atoms with E-state index in [9.17, 15) is 9.59 Å². The number of hydrogen-bond acceptors (Lipinski definition) is 6. The number of nitrogens with one attached hydrogen (secondary N) is 2. The molecule has 0 atom stereocenters. The van der Waals surface area contributed by atoms with Gasteiger partial charge in [-0.3, -0.25) is 9.89 Å². The molecule has 1 amide bonds. The maximum atomic E-state index is 12.2. The van der Waals surface area contributed by atoms with Crippen molar-refractivity contribution in [3.05, 3.63) is 71.4 Å². The van der Waals surface area contributed by atoms with Gasteiger partial charge in [-0.2, -0.15) is 10.2 Å². The molecule has 0 aliphatic rings.